The molecule has 0 radical (unpaired) electrons. The van der Waals surface area contributed by atoms with Gasteiger partial charge in [0, 0.05) is 57.3 Å². The first-order chi connectivity index (χ1) is 11.2. The highest BCUT2D eigenvalue weighted by atomic mass is 15.3. The van der Waals surface area contributed by atoms with E-state index in [9.17, 15) is 0 Å². The molecule has 3 fully saturated rings. The van der Waals surface area contributed by atoms with E-state index in [0.29, 0.717) is 5.41 Å². The average molecular weight is 332 g/mol. The van der Waals surface area contributed by atoms with Crippen LogP contribution in [0.25, 0.3) is 0 Å². The number of piperazine rings is 1. The van der Waals surface area contributed by atoms with Crippen molar-refractivity contribution in [1.82, 2.24) is 14.7 Å². The van der Waals surface area contributed by atoms with E-state index in [0.717, 1.165) is 18.5 Å². The molecule has 24 heavy (non-hydrogen) atoms. The van der Waals surface area contributed by atoms with Gasteiger partial charge in [0.1, 0.15) is 0 Å². The molecule has 2 saturated heterocycles. The Morgan fingerprint density at radius 2 is 1.62 bits per heavy atom. The monoisotopic (exact) mass is 331 g/mol. The van der Waals surface area contributed by atoms with E-state index in [1.54, 1.807) is 0 Å². The van der Waals surface area contributed by atoms with Gasteiger partial charge in [0.25, 0.3) is 0 Å². The summed E-state index contributed by atoms with van der Waals surface area (Å²) >= 11 is 0. The van der Waals surface area contributed by atoms with E-state index in [1.165, 1.54) is 58.7 Å². The second-order valence-corrected chi connectivity index (χ2v) is 9.99. The minimum Gasteiger partial charge on any atom is -0.302 e. The largest absolute Gasteiger partial charge is 0.302 e. The van der Waals surface area contributed by atoms with Crippen molar-refractivity contribution in [2.45, 2.75) is 53.5 Å². The molecule has 0 aromatic heterocycles. The number of rotatable bonds is 4. The summed E-state index contributed by atoms with van der Waals surface area (Å²) in [6.07, 6.45) is 2.90. The molecule has 2 heterocycles. The van der Waals surface area contributed by atoms with E-state index in [2.05, 4.69) is 61.2 Å². The summed E-state index contributed by atoms with van der Waals surface area (Å²) in [5.74, 6) is 7.54. The molecule has 0 unspecified atom stereocenters. The number of likely N-dealkylation sites (tertiary alicyclic amines) is 1. The van der Waals surface area contributed by atoms with E-state index in [-0.39, 0.29) is 5.41 Å². The quantitative estimate of drug-likeness (QED) is 0.734. The highest BCUT2D eigenvalue weighted by Crippen LogP contribution is 2.50. The smallest absolute Gasteiger partial charge is 0.0602 e. The third-order valence-electron chi connectivity index (χ3n) is 5.77. The zero-order valence-corrected chi connectivity index (χ0v) is 16.6. The predicted molar refractivity (Wildman–Crippen MR) is 102 cm³/mol. The lowest BCUT2D eigenvalue weighted by molar-refractivity contribution is -0.117. The Labute approximate surface area is 149 Å². The Bertz CT molecular complexity index is 471. The van der Waals surface area contributed by atoms with Gasteiger partial charge in [0.2, 0.25) is 0 Å². The minimum absolute atomic E-state index is 0.133. The van der Waals surface area contributed by atoms with Gasteiger partial charge in [-0.3, -0.25) is 9.80 Å². The van der Waals surface area contributed by atoms with Crippen molar-refractivity contribution in [3.8, 4) is 11.8 Å². The van der Waals surface area contributed by atoms with Crippen LogP contribution >= 0.6 is 0 Å². The molecule has 0 atom stereocenters. The first-order valence-electron chi connectivity index (χ1n) is 9.94. The fourth-order valence-corrected chi connectivity index (χ4v) is 4.71. The van der Waals surface area contributed by atoms with Crippen molar-refractivity contribution >= 4 is 0 Å². The van der Waals surface area contributed by atoms with Crippen LogP contribution in [-0.4, -0.2) is 73.1 Å². The molecule has 0 bridgehead atoms. The molecule has 0 amide bonds. The molecular formula is C21H37N3. The molecule has 3 heteroatoms. The summed E-state index contributed by atoms with van der Waals surface area (Å²) in [4.78, 5) is 7.94. The highest BCUT2D eigenvalue weighted by Gasteiger charge is 2.53. The molecule has 2 aliphatic heterocycles. The van der Waals surface area contributed by atoms with Gasteiger partial charge in [0.05, 0.1) is 6.54 Å². The topological polar surface area (TPSA) is 9.72 Å². The van der Waals surface area contributed by atoms with Crippen molar-refractivity contribution in [2.75, 3.05) is 52.4 Å². The fourth-order valence-electron chi connectivity index (χ4n) is 4.71. The molecule has 0 N–H and O–H groups in total. The van der Waals surface area contributed by atoms with Crippen LogP contribution in [0.2, 0.25) is 0 Å². The Morgan fingerprint density at radius 3 is 2.17 bits per heavy atom. The van der Waals surface area contributed by atoms with E-state index in [1.807, 2.05) is 0 Å². The maximum atomic E-state index is 3.37. The first kappa shape index (κ1) is 18.2. The summed E-state index contributed by atoms with van der Waals surface area (Å²) in [6.45, 7) is 21.1. The molecule has 0 aromatic carbocycles. The van der Waals surface area contributed by atoms with Gasteiger partial charge in [-0.1, -0.05) is 25.7 Å². The number of nitrogens with zero attached hydrogens (tertiary/aromatic N) is 3. The van der Waals surface area contributed by atoms with Crippen LogP contribution in [0.5, 0.6) is 0 Å². The summed E-state index contributed by atoms with van der Waals surface area (Å²) < 4.78 is 0. The summed E-state index contributed by atoms with van der Waals surface area (Å²) in [7, 11) is 0. The van der Waals surface area contributed by atoms with Crippen LogP contribution in [0.1, 0.15) is 47.5 Å². The van der Waals surface area contributed by atoms with Crippen molar-refractivity contribution in [2.24, 2.45) is 16.7 Å². The summed E-state index contributed by atoms with van der Waals surface area (Å²) in [5, 5.41) is 0. The van der Waals surface area contributed by atoms with Crippen molar-refractivity contribution in [3.05, 3.63) is 0 Å². The van der Waals surface area contributed by atoms with E-state index < -0.39 is 0 Å². The van der Waals surface area contributed by atoms with Crippen LogP contribution in [0.4, 0.5) is 0 Å². The zero-order chi connectivity index (χ0) is 17.4. The van der Waals surface area contributed by atoms with Gasteiger partial charge in [-0.15, -0.1) is 0 Å². The molecule has 3 rings (SSSR count). The van der Waals surface area contributed by atoms with Gasteiger partial charge in [-0.2, -0.15) is 0 Å². The van der Waals surface area contributed by atoms with Gasteiger partial charge in [-0.25, -0.2) is 0 Å². The highest BCUT2D eigenvalue weighted by molar-refractivity contribution is 5.10. The first-order valence-corrected chi connectivity index (χ1v) is 9.94. The van der Waals surface area contributed by atoms with Crippen molar-refractivity contribution in [3.63, 3.8) is 0 Å². The SMILES string of the molecule is CC(C)CN1CC2(CC(N3CCN(CC#CC(C)(C)C)CC3)C2)C1. The molecular weight excluding hydrogens is 294 g/mol. The van der Waals surface area contributed by atoms with Crippen LogP contribution in [-0.2, 0) is 0 Å². The standard InChI is InChI=1S/C21H37N3/c1-18(2)15-23-16-21(17-23)13-19(14-21)24-11-9-22(10-12-24)8-6-7-20(3,4)5/h18-19H,8-17H2,1-5H3. The predicted octanol–water partition coefficient (Wildman–Crippen LogP) is 2.77. The summed E-state index contributed by atoms with van der Waals surface area (Å²) in [6, 6.07) is 0.869. The molecule has 1 saturated carbocycles. The number of hydrogen-bond acceptors (Lipinski definition) is 3. The Kier molecular flexibility index (Phi) is 5.30. The Balaban J connectivity index is 1.33. The normalized spacial score (nSPS) is 26.1. The van der Waals surface area contributed by atoms with Crippen LogP contribution < -0.4 is 0 Å². The van der Waals surface area contributed by atoms with Gasteiger partial charge in [-0.05, 0) is 44.9 Å². The van der Waals surface area contributed by atoms with Gasteiger partial charge < -0.3 is 4.90 Å². The Hall–Kier alpha value is -0.560. The van der Waals surface area contributed by atoms with Gasteiger partial charge >= 0.3 is 0 Å². The zero-order valence-electron chi connectivity index (χ0n) is 16.6. The molecule has 1 spiro atoms. The summed E-state index contributed by atoms with van der Waals surface area (Å²) in [5.41, 5.74) is 0.836. The molecule has 3 aliphatic rings. The van der Waals surface area contributed by atoms with Crippen LogP contribution in [0.3, 0.4) is 0 Å². The Morgan fingerprint density at radius 1 is 1.00 bits per heavy atom. The molecule has 3 nitrogen and oxygen atoms in total. The van der Waals surface area contributed by atoms with Crippen LogP contribution in [0.15, 0.2) is 0 Å². The van der Waals surface area contributed by atoms with E-state index >= 15 is 0 Å². The average Bonchev–Trinajstić information content (AvgIpc) is 2.39. The molecule has 0 aromatic rings. The van der Waals surface area contributed by atoms with E-state index in [4.69, 9.17) is 0 Å². The minimum atomic E-state index is 0.133. The lowest BCUT2D eigenvalue weighted by atomic mass is 9.60. The maximum Gasteiger partial charge on any atom is 0.0602 e. The number of hydrogen-bond donors (Lipinski definition) is 0. The second-order valence-electron chi connectivity index (χ2n) is 9.99. The fraction of sp³-hybridized carbons (Fsp3) is 0.905. The molecule has 1 aliphatic carbocycles. The van der Waals surface area contributed by atoms with Crippen LogP contribution in [0, 0.1) is 28.6 Å². The third-order valence-corrected chi connectivity index (χ3v) is 5.77. The van der Waals surface area contributed by atoms with Crippen molar-refractivity contribution < 1.29 is 0 Å². The van der Waals surface area contributed by atoms with Gasteiger partial charge in [0.15, 0.2) is 0 Å². The van der Waals surface area contributed by atoms with Crippen molar-refractivity contribution in [1.29, 1.82) is 0 Å². The third kappa shape index (κ3) is 4.54. The lowest BCUT2D eigenvalue weighted by Crippen LogP contribution is -2.68. The maximum absolute atomic E-state index is 3.37. The molecule has 136 valence electrons. The second kappa shape index (κ2) is 6.98. The lowest BCUT2D eigenvalue weighted by Gasteiger charge is -2.62.